The van der Waals surface area contributed by atoms with E-state index in [1.54, 1.807) is 0 Å². The van der Waals surface area contributed by atoms with E-state index in [9.17, 15) is 9.59 Å². The van der Waals surface area contributed by atoms with Crippen molar-refractivity contribution in [2.24, 2.45) is 0 Å². The summed E-state index contributed by atoms with van der Waals surface area (Å²) in [5, 5.41) is 27.6. The van der Waals surface area contributed by atoms with Crippen molar-refractivity contribution in [1.29, 1.82) is 0 Å². The molecule has 0 aromatic rings. The van der Waals surface area contributed by atoms with Crippen molar-refractivity contribution in [1.82, 2.24) is 5.32 Å². The highest BCUT2D eigenvalue weighted by Crippen LogP contribution is 1.84. The lowest BCUT2D eigenvalue weighted by Crippen LogP contribution is -2.41. The molecule has 6 heteroatoms. The molecule has 0 aliphatic rings. The molecule has 0 saturated heterocycles. The van der Waals surface area contributed by atoms with Crippen LogP contribution in [0.1, 0.15) is 6.92 Å². The summed E-state index contributed by atoms with van der Waals surface area (Å²) in [6.45, 7) is 1.08. The third-order valence-corrected chi connectivity index (χ3v) is 1.27. The van der Waals surface area contributed by atoms with Crippen LogP contribution in [0.25, 0.3) is 0 Å². The molecule has 6 nitrogen and oxygen atoms in total. The minimum atomic E-state index is -1.56. The van der Waals surface area contributed by atoms with Crippen molar-refractivity contribution in [3.05, 3.63) is 0 Å². The Labute approximate surface area is 68.8 Å². The lowest BCUT2D eigenvalue weighted by Gasteiger charge is -2.10. The molecule has 70 valence electrons. The van der Waals surface area contributed by atoms with Gasteiger partial charge in [-0.15, -0.1) is 0 Å². The van der Waals surface area contributed by atoms with Crippen LogP contribution in [0, 0.1) is 0 Å². The van der Waals surface area contributed by atoms with Crippen LogP contribution in [-0.4, -0.2) is 45.9 Å². The van der Waals surface area contributed by atoms with Gasteiger partial charge in [0.15, 0.2) is 6.10 Å². The predicted molar refractivity (Wildman–Crippen MR) is 38.7 cm³/mol. The van der Waals surface area contributed by atoms with E-state index in [4.69, 9.17) is 15.3 Å². The maximum absolute atomic E-state index is 10.2. The second kappa shape index (κ2) is 4.68. The van der Waals surface area contributed by atoms with Crippen LogP contribution < -0.4 is 5.32 Å². The molecule has 0 aliphatic heterocycles. The molecule has 0 radical (unpaired) electrons. The topological polar surface area (TPSA) is 107 Å². The number of aliphatic carboxylic acids is 2. The van der Waals surface area contributed by atoms with E-state index < -0.39 is 24.1 Å². The number of carboxylic acid groups (broad SMARTS) is 2. The Morgan fingerprint density at radius 3 is 2.17 bits per heavy atom. The van der Waals surface area contributed by atoms with Crippen LogP contribution in [-0.2, 0) is 9.59 Å². The highest BCUT2D eigenvalue weighted by molar-refractivity contribution is 5.74. The van der Waals surface area contributed by atoms with Gasteiger partial charge in [0.05, 0.1) is 0 Å². The molecule has 0 rings (SSSR count). The van der Waals surface area contributed by atoms with Crippen LogP contribution in [0.5, 0.6) is 0 Å². The zero-order valence-electron chi connectivity index (χ0n) is 6.52. The summed E-state index contributed by atoms with van der Waals surface area (Å²) in [5.74, 6) is -2.47. The predicted octanol–water partition coefficient (Wildman–Crippen LogP) is -1.51. The summed E-state index contributed by atoms with van der Waals surface area (Å²) in [6.07, 6.45) is -1.56. The highest BCUT2D eigenvalue weighted by Gasteiger charge is 2.16. The van der Waals surface area contributed by atoms with E-state index in [0.717, 1.165) is 0 Å². The second-order valence-corrected chi connectivity index (χ2v) is 2.32. The molecule has 0 saturated carbocycles. The van der Waals surface area contributed by atoms with Crippen LogP contribution in [0.15, 0.2) is 0 Å². The lowest BCUT2D eigenvalue weighted by molar-refractivity contribution is -0.147. The van der Waals surface area contributed by atoms with Gasteiger partial charge in [-0.2, -0.15) is 0 Å². The van der Waals surface area contributed by atoms with E-state index in [1.165, 1.54) is 6.92 Å². The Hall–Kier alpha value is -1.14. The molecular weight excluding hydrogens is 166 g/mol. The highest BCUT2D eigenvalue weighted by atomic mass is 16.4. The maximum Gasteiger partial charge on any atom is 0.333 e. The van der Waals surface area contributed by atoms with Crippen LogP contribution in [0.3, 0.4) is 0 Å². The van der Waals surface area contributed by atoms with E-state index in [0.29, 0.717) is 0 Å². The molecule has 0 amide bonds. The molecule has 0 bridgehead atoms. The Bertz CT molecular complexity index is 161. The summed E-state index contributed by atoms with van der Waals surface area (Å²) in [7, 11) is 0. The quantitative estimate of drug-likeness (QED) is 0.407. The van der Waals surface area contributed by atoms with Crippen molar-refractivity contribution >= 4 is 11.9 Å². The first-order valence-electron chi connectivity index (χ1n) is 3.32. The molecule has 2 atom stereocenters. The standard InChI is InChI=1S/C6H11NO5/c1-3(5(9)10)7-2-4(8)6(11)12/h3-4,7-8H,2H2,1H3,(H,9,10)(H,11,12)/t3-,4?/m0/s1. The third-order valence-electron chi connectivity index (χ3n) is 1.27. The minimum Gasteiger partial charge on any atom is -0.480 e. The number of hydrogen-bond acceptors (Lipinski definition) is 4. The van der Waals surface area contributed by atoms with Crippen molar-refractivity contribution in [3.63, 3.8) is 0 Å². The van der Waals surface area contributed by atoms with Gasteiger partial charge in [-0.05, 0) is 6.92 Å². The van der Waals surface area contributed by atoms with Gasteiger partial charge >= 0.3 is 11.9 Å². The lowest BCUT2D eigenvalue weighted by atomic mass is 10.3. The summed E-state index contributed by atoms with van der Waals surface area (Å²) < 4.78 is 0. The van der Waals surface area contributed by atoms with E-state index in [2.05, 4.69) is 5.32 Å². The first-order chi connectivity index (χ1) is 5.45. The molecule has 0 fully saturated rings. The van der Waals surface area contributed by atoms with Crippen molar-refractivity contribution in [3.8, 4) is 0 Å². The summed E-state index contributed by atoms with van der Waals surface area (Å²) in [5.41, 5.74) is 0. The van der Waals surface area contributed by atoms with Gasteiger partial charge in [0.2, 0.25) is 0 Å². The van der Waals surface area contributed by atoms with Gasteiger partial charge in [0.25, 0.3) is 0 Å². The molecule has 0 aromatic heterocycles. The zero-order chi connectivity index (χ0) is 9.72. The van der Waals surface area contributed by atoms with Gasteiger partial charge in [0, 0.05) is 6.54 Å². The number of carboxylic acids is 2. The normalized spacial score (nSPS) is 15.2. The Morgan fingerprint density at radius 1 is 1.33 bits per heavy atom. The molecule has 0 heterocycles. The fraction of sp³-hybridized carbons (Fsp3) is 0.667. The van der Waals surface area contributed by atoms with Gasteiger partial charge in [0.1, 0.15) is 6.04 Å². The average Bonchev–Trinajstić information content (AvgIpc) is 1.98. The summed E-state index contributed by atoms with van der Waals surface area (Å²) in [4.78, 5) is 20.2. The number of aliphatic hydroxyl groups is 1. The number of nitrogens with one attached hydrogen (secondary N) is 1. The van der Waals surface area contributed by atoms with Gasteiger partial charge in [-0.25, -0.2) is 4.79 Å². The van der Waals surface area contributed by atoms with Crippen molar-refractivity contribution in [2.75, 3.05) is 6.54 Å². The molecule has 1 unspecified atom stereocenters. The van der Waals surface area contributed by atoms with Crippen LogP contribution >= 0.6 is 0 Å². The second-order valence-electron chi connectivity index (χ2n) is 2.32. The Kier molecular flexibility index (Phi) is 4.24. The van der Waals surface area contributed by atoms with Gasteiger partial charge in [-0.1, -0.05) is 0 Å². The molecular formula is C6H11NO5. The SMILES string of the molecule is C[C@H](NCC(O)C(=O)O)C(=O)O. The fourth-order valence-electron chi connectivity index (χ4n) is 0.463. The number of rotatable bonds is 5. The fourth-order valence-corrected chi connectivity index (χ4v) is 0.463. The number of aliphatic hydroxyl groups excluding tert-OH is 1. The molecule has 4 N–H and O–H groups in total. The van der Waals surface area contributed by atoms with Crippen LogP contribution in [0.4, 0.5) is 0 Å². The minimum absolute atomic E-state index is 0.275. The average molecular weight is 177 g/mol. The maximum atomic E-state index is 10.2. The Balaban J connectivity index is 3.68. The van der Waals surface area contributed by atoms with Crippen LogP contribution in [0.2, 0.25) is 0 Å². The first kappa shape index (κ1) is 10.9. The van der Waals surface area contributed by atoms with Crippen molar-refractivity contribution in [2.45, 2.75) is 19.1 Å². The van der Waals surface area contributed by atoms with E-state index in [-0.39, 0.29) is 6.54 Å². The first-order valence-corrected chi connectivity index (χ1v) is 3.32. The smallest absolute Gasteiger partial charge is 0.333 e. The molecule has 0 spiro atoms. The van der Waals surface area contributed by atoms with Crippen molar-refractivity contribution < 1.29 is 24.9 Å². The summed E-state index contributed by atoms with van der Waals surface area (Å²) >= 11 is 0. The monoisotopic (exact) mass is 177 g/mol. The van der Waals surface area contributed by atoms with E-state index in [1.807, 2.05) is 0 Å². The zero-order valence-corrected chi connectivity index (χ0v) is 6.52. The largest absolute Gasteiger partial charge is 0.480 e. The van der Waals surface area contributed by atoms with E-state index >= 15 is 0 Å². The van der Waals surface area contributed by atoms with Gasteiger partial charge < -0.3 is 20.6 Å². The molecule has 12 heavy (non-hydrogen) atoms. The van der Waals surface area contributed by atoms with Gasteiger partial charge in [-0.3, -0.25) is 4.79 Å². The summed E-state index contributed by atoms with van der Waals surface area (Å²) in [6, 6.07) is -0.862. The molecule has 0 aliphatic carbocycles. The number of carbonyl (C=O) groups is 2. The molecule has 0 aromatic carbocycles. The number of hydrogen-bond donors (Lipinski definition) is 4. The Morgan fingerprint density at radius 2 is 1.83 bits per heavy atom. The third kappa shape index (κ3) is 3.89.